The maximum Gasteiger partial charge on any atom is 0.407 e. The number of amides is 1. The molecule has 0 rings (SSSR count). The monoisotopic (exact) mass is 712 g/mol. The summed E-state index contributed by atoms with van der Waals surface area (Å²) in [4.78, 5) is 40.4. The molecule has 9 heteroatoms. The number of nitrogens with zero attached hydrogens (tertiary/aromatic N) is 2. The molecular weight excluding hydrogens is 630 g/mol. The minimum Gasteiger partial charge on any atom is -0.466 e. The van der Waals surface area contributed by atoms with Crippen molar-refractivity contribution >= 4 is 18.0 Å². The van der Waals surface area contributed by atoms with E-state index in [1.165, 1.54) is 89.9 Å². The Balaban J connectivity index is 4.06. The molecule has 0 aromatic rings. The van der Waals surface area contributed by atoms with E-state index in [-0.39, 0.29) is 18.0 Å². The number of hydrogen-bond donors (Lipinski definition) is 1. The van der Waals surface area contributed by atoms with Crippen LogP contribution in [0.15, 0.2) is 0 Å². The molecule has 0 fully saturated rings. The van der Waals surface area contributed by atoms with Gasteiger partial charge in [-0.25, -0.2) is 4.79 Å². The van der Waals surface area contributed by atoms with E-state index in [0.29, 0.717) is 39.2 Å². The number of ether oxygens (including phenoxy) is 3. The zero-order valence-electron chi connectivity index (χ0n) is 33.4. The number of hydrogen-bond acceptors (Lipinski definition) is 8. The Labute approximate surface area is 308 Å². The Kier molecular flexibility index (Phi) is 36.9. The quantitative estimate of drug-likeness (QED) is 0.0384. The molecule has 0 bridgehead atoms. The van der Waals surface area contributed by atoms with Gasteiger partial charge < -0.3 is 24.4 Å². The van der Waals surface area contributed by atoms with Crippen molar-refractivity contribution in [1.29, 1.82) is 0 Å². The van der Waals surface area contributed by atoms with Gasteiger partial charge in [0.2, 0.25) is 0 Å². The first kappa shape index (κ1) is 48.1. The van der Waals surface area contributed by atoms with Gasteiger partial charge in [-0.05, 0) is 65.7 Å². The van der Waals surface area contributed by atoms with Crippen LogP contribution in [0.4, 0.5) is 4.79 Å². The van der Waals surface area contributed by atoms with Crippen molar-refractivity contribution < 1.29 is 28.6 Å². The maximum absolute atomic E-state index is 12.1. The molecule has 0 aliphatic rings. The van der Waals surface area contributed by atoms with Crippen LogP contribution in [0, 0.1) is 0 Å². The van der Waals surface area contributed by atoms with Gasteiger partial charge in [0.15, 0.2) is 0 Å². The molecule has 0 heterocycles. The first-order chi connectivity index (χ1) is 24.4. The van der Waals surface area contributed by atoms with Crippen LogP contribution in [0.1, 0.15) is 181 Å². The smallest absolute Gasteiger partial charge is 0.407 e. The first-order valence-electron chi connectivity index (χ1n) is 21.0. The lowest BCUT2D eigenvalue weighted by Crippen LogP contribution is -2.35. The second kappa shape index (κ2) is 38.4. The van der Waals surface area contributed by atoms with E-state index < -0.39 is 0 Å². The molecule has 0 atom stereocenters. The molecule has 0 aliphatic heterocycles. The van der Waals surface area contributed by atoms with Gasteiger partial charge in [-0.1, -0.05) is 129 Å². The number of carbonyl (C=O) groups is 3. The van der Waals surface area contributed by atoms with E-state index in [4.69, 9.17) is 14.2 Å². The van der Waals surface area contributed by atoms with E-state index in [9.17, 15) is 14.4 Å². The average molecular weight is 712 g/mol. The predicted octanol–water partition coefficient (Wildman–Crippen LogP) is 9.85. The number of esters is 2. The van der Waals surface area contributed by atoms with Crippen LogP contribution < -0.4 is 5.32 Å². The highest BCUT2D eigenvalue weighted by molar-refractivity contribution is 5.69. The van der Waals surface area contributed by atoms with Crippen LogP contribution in [-0.4, -0.2) is 94.5 Å². The van der Waals surface area contributed by atoms with Gasteiger partial charge in [0.25, 0.3) is 0 Å². The van der Waals surface area contributed by atoms with Crippen molar-refractivity contribution in [2.45, 2.75) is 181 Å². The molecule has 1 amide bonds. The third-order valence-corrected chi connectivity index (χ3v) is 9.20. The Morgan fingerprint density at radius 3 is 1.28 bits per heavy atom. The lowest BCUT2D eigenvalue weighted by Gasteiger charge is -2.22. The van der Waals surface area contributed by atoms with Crippen molar-refractivity contribution in [3.8, 4) is 0 Å². The summed E-state index contributed by atoms with van der Waals surface area (Å²) in [5.41, 5.74) is 0. The van der Waals surface area contributed by atoms with Gasteiger partial charge in [0.1, 0.15) is 6.61 Å². The number of rotatable bonds is 38. The van der Waals surface area contributed by atoms with Gasteiger partial charge in [-0.2, -0.15) is 0 Å². The summed E-state index contributed by atoms with van der Waals surface area (Å²) in [7, 11) is 3.97. The number of alkyl carbamates (subject to hydrolysis) is 1. The zero-order valence-corrected chi connectivity index (χ0v) is 33.4. The molecule has 0 aromatic heterocycles. The van der Waals surface area contributed by atoms with E-state index in [2.05, 4.69) is 24.1 Å². The van der Waals surface area contributed by atoms with Crippen molar-refractivity contribution in [2.75, 3.05) is 66.6 Å². The van der Waals surface area contributed by atoms with Crippen LogP contribution in [-0.2, 0) is 23.8 Å². The van der Waals surface area contributed by atoms with Gasteiger partial charge in [-0.15, -0.1) is 0 Å². The Morgan fingerprint density at radius 2 is 0.840 bits per heavy atom. The number of unbranched alkanes of at least 4 members (excludes halogenated alkanes) is 20. The molecule has 0 aromatic carbocycles. The van der Waals surface area contributed by atoms with Gasteiger partial charge in [0.05, 0.1) is 13.2 Å². The van der Waals surface area contributed by atoms with Crippen molar-refractivity contribution in [3.05, 3.63) is 0 Å². The molecule has 0 aliphatic carbocycles. The highest BCUT2D eigenvalue weighted by atomic mass is 16.5. The van der Waals surface area contributed by atoms with Crippen LogP contribution in [0.2, 0.25) is 0 Å². The first-order valence-corrected chi connectivity index (χ1v) is 21.0. The molecule has 0 saturated carbocycles. The summed E-state index contributed by atoms with van der Waals surface area (Å²) in [5.74, 6) is -0.0682. The minimum absolute atomic E-state index is 0.0341. The largest absolute Gasteiger partial charge is 0.466 e. The van der Waals surface area contributed by atoms with Crippen LogP contribution >= 0.6 is 0 Å². The van der Waals surface area contributed by atoms with Gasteiger partial charge >= 0.3 is 18.0 Å². The molecule has 0 unspecified atom stereocenters. The van der Waals surface area contributed by atoms with E-state index in [0.717, 1.165) is 90.4 Å². The highest BCUT2D eigenvalue weighted by Crippen LogP contribution is 2.13. The van der Waals surface area contributed by atoms with E-state index in [1.54, 1.807) is 0 Å². The number of likely N-dealkylation sites (N-methyl/N-ethyl adjacent to an activating group) is 1. The fraction of sp³-hybridized carbons (Fsp3) is 0.927. The number of carbonyl (C=O) groups excluding carboxylic acids is 3. The van der Waals surface area contributed by atoms with Crippen molar-refractivity contribution in [3.63, 3.8) is 0 Å². The summed E-state index contributed by atoms with van der Waals surface area (Å²) < 4.78 is 16.2. The highest BCUT2D eigenvalue weighted by Gasteiger charge is 2.09. The second-order valence-electron chi connectivity index (χ2n) is 14.4. The summed E-state index contributed by atoms with van der Waals surface area (Å²) in [6, 6.07) is 0. The fourth-order valence-corrected chi connectivity index (χ4v) is 5.94. The van der Waals surface area contributed by atoms with Gasteiger partial charge in [-0.3, -0.25) is 14.5 Å². The Hall–Kier alpha value is -1.87. The summed E-state index contributed by atoms with van der Waals surface area (Å²) in [6.45, 7) is 10.2. The third kappa shape index (κ3) is 37.4. The molecule has 0 spiro atoms. The molecule has 0 saturated heterocycles. The Morgan fingerprint density at radius 1 is 0.440 bits per heavy atom. The SMILES string of the molecule is CCCCCCCOC(=O)CCCCCCCCCN(CCCCCCCCCC(=O)OCCCCCCC)CCOC(=O)NCCN(C)C. The minimum atomic E-state index is -0.335. The predicted molar refractivity (Wildman–Crippen MR) is 208 cm³/mol. The van der Waals surface area contributed by atoms with E-state index in [1.807, 2.05) is 19.0 Å². The summed E-state index contributed by atoms with van der Waals surface area (Å²) in [6.07, 6.45) is 28.5. The topological polar surface area (TPSA) is 97.4 Å². The zero-order chi connectivity index (χ0) is 36.8. The van der Waals surface area contributed by atoms with Crippen LogP contribution in [0.25, 0.3) is 0 Å². The molecule has 0 radical (unpaired) electrons. The maximum atomic E-state index is 12.1. The van der Waals surface area contributed by atoms with Crippen molar-refractivity contribution in [2.24, 2.45) is 0 Å². The Bertz CT molecular complexity index is 721. The van der Waals surface area contributed by atoms with Crippen molar-refractivity contribution in [1.82, 2.24) is 15.1 Å². The van der Waals surface area contributed by atoms with Crippen LogP contribution in [0.5, 0.6) is 0 Å². The lowest BCUT2D eigenvalue weighted by atomic mass is 10.1. The molecule has 296 valence electrons. The van der Waals surface area contributed by atoms with E-state index >= 15 is 0 Å². The van der Waals surface area contributed by atoms with Crippen LogP contribution in [0.3, 0.4) is 0 Å². The lowest BCUT2D eigenvalue weighted by molar-refractivity contribution is -0.144. The molecule has 1 N–H and O–H groups in total. The normalized spacial score (nSPS) is 11.3. The number of nitrogens with one attached hydrogen (secondary N) is 1. The molecular formula is C41H81N3O6. The third-order valence-electron chi connectivity index (χ3n) is 9.20. The average Bonchev–Trinajstić information content (AvgIpc) is 3.09. The molecule has 9 nitrogen and oxygen atoms in total. The second-order valence-corrected chi connectivity index (χ2v) is 14.4. The summed E-state index contributed by atoms with van der Waals surface area (Å²) in [5, 5.41) is 2.82. The fourth-order valence-electron chi connectivity index (χ4n) is 5.94. The standard InChI is InChI=1S/C41H81N3O6/c1-5-7-9-21-27-36-48-39(45)29-23-17-13-11-15-19-25-32-44(35-38-50-41(47)42-31-34-43(3)4)33-26-20-16-12-14-18-24-30-40(46)49-37-28-22-10-8-6-2/h5-38H2,1-4H3,(H,42,47). The summed E-state index contributed by atoms with van der Waals surface area (Å²) >= 11 is 0. The van der Waals surface area contributed by atoms with Gasteiger partial charge in [0, 0.05) is 32.5 Å². The molecule has 50 heavy (non-hydrogen) atoms.